The van der Waals surface area contributed by atoms with Crippen molar-refractivity contribution < 1.29 is 9.53 Å². The fraction of sp³-hybridized carbons (Fsp3) is 0.500. The van der Waals surface area contributed by atoms with Gasteiger partial charge in [-0.1, -0.05) is 23.9 Å². The van der Waals surface area contributed by atoms with Crippen LogP contribution in [0.1, 0.15) is 30.3 Å². The van der Waals surface area contributed by atoms with Crippen LogP contribution in [0.3, 0.4) is 0 Å². The van der Waals surface area contributed by atoms with Crippen molar-refractivity contribution in [2.45, 2.75) is 39.3 Å². The summed E-state index contributed by atoms with van der Waals surface area (Å²) in [6.07, 6.45) is 0.821. The van der Waals surface area contributed by atoms with E-state index in [0.717, 1.165) is 28.7 Å². The molecule has 1 aromatic heterocycles. The van der Waals surface area contributed by atoms with Crippen molar-refractivity contribution in [1.82, 2.24) is 20.1 Å². The Labute approximate surface area is 153 Å². The molecule has 6 nitrogen and oxygen atoms in total. The lowest BCUT2D eigenvalue weighted by molar-refractivity contribution is -0.118. The smallest absolute Gasteiger partial charge is 0.230 e. The number of amides is 1. The van der Waals surface area contributed by atoms with Crippen LogP contribution in [0, 0.1) is 20.8 Å². The first-order valence-electron chi connectivity index (χ1n) is 8.49. The molecular formula is C18H26N4O2S. The molecule has 0 aliphatic heterocycles. The second-order valence-electron chi connectivity index (χ2n) is 5.84. The van der Waals surface area contributed by atoms with Gasteiger partial charge in [-0.3, -0.25) is 9.36 Å². The van der Waals surface area contributed by atoms with Gasteiger partial charge in [0.1, 0.15) is 5.82 Å². The summed E-state index contributed by atoms with van der Waals surface area (Å²) in [6.45, 7) is 10.0. The summed E-state index contributed by atoms with van der Waals surface area (Å²) in [5.74, 6) is 1.13. The first-order chi connectivity index (χ1) is 12.0. The second kappa shape index (κ2) is 9.58. The van der Waals surface area contributed by atoms with Crippen molar-refractivity contribution in [1.29, 1.82) is 0 Å². The Kier molecular flexibility index (Phi) is 7.46. The van der Waals surface area contributed by atoms with Crippen LogP contribution >= 0.6 is 11.8 Å². The van der Waals surface area contributed by atoms with E-state index in [-0.39, 0.29) is 5.91 Å². The highest BCUT2D eigenvalue weighted by atomic mass is 32.2. The molecule has 0 aliphatic carbocycles. The third-order valence-corrected chi connectivity index (χ3v) is 4.65. The zero-order valence-corrected chi connectivity index (χ0v) is 16.2. The Morgan fingerprint density at radius 3 is 2.84 bits per heavy atom. The minimum Gasteiger partial charge on any atom is -0.382 e. The van der Waals surface area contributed by atoms with Crippen molar-refractivity contribution in [2.75, 3.05) is 25.5 Å². The number of nitrogens with zero attached hydrogens (tertiary/aromatic N) is 3. The van der Waals surface area contributed by atoms with Gasteiger partial charge in [0.05, 0.1) is 11.4 Å². The summed E-state index contributed by atoms with van der Waals surface area (Å²) in [7, 11) is 0. The molecular weight excluding hydrogens is 336 g/mol. The topological polar surface area (TPSA) is 69.0 Å². The van der Waals surface area contributed by atoms with E-state index in [9.17, 15) is 4.79 Å². The molecule has 1 aromatic carbocycles. The molecule has 7 heteroatoms. The number of hydrogen-bond acceptors (Lipinski definition) is 5. The lowest BCUT2D eigenvalue weighted by Gasteiger charge is -2.12. The fourth-order valence-corrected chi connectivity index (χ4v) is 3.22. The van der Waals surface area contributed by atoms with Crippen molar-refractivity contribution in [3.05, 3.63) is 35.2 Å². The maximum atomic E-state index is 12.0. The Bertz CT molecular complexity index is 715. The summed E-state index contributed by atoms with van der Waals surface area (Å²) in [5.41, 5.74) is 3.38. The van der Waals surface area contributed by atoms with Crippen LogP contribution in [0.5, 0.6) is 0 Å². The average molecular weight is 362 g/mol. The van der Waals surface area contributed by atoms with Crippen LogP contribution in [0.15, 0.2) is 23.4 Å². The van der Waals surface area contributed by atoms with Crippen molar-refractivity contribution in [3.63, 3.8) is 0 Å². The molecule has 136 valence electrons. The maximum Gasteiger partial charge on any atom is 0.230 e. The molecule has 1 amide bonds. The van der Waals surface area contributed by atoms with E-state index >= 15 is 0 Å². The van der Waals surface area contributed by atoms with Gasteiger partial charge in [-0.15, -0.1) is 10.2 Å². The zero-order chi connectivity index (χ0) is 18.2. The van der Waals surface area contributed by atoms with E-state index in [1.807, 2.05) is 18.4 Å². The molecule has 0 fully saturated rings. The van der Waals surface area contributed by atoms with Gasteiger partial charge in [0.25, 0.3) is 0 Å². The van der Waals surface area contributed by atoms with Gasteiger partial charge < -0.3 is 10.1 Å². The number of thioether (sulfide) groups is 1. The van der Waals surface area contributed by atoms with E-state index in [0.29, 0.717) is 25.5 Å². The third kappa shape index (κ3) is 5.57. The molecule has 2 aromatic rings. The molecule has 0 radical (unpaired) electrons. The van der Waals surface area contributed by atoms with Gasteiger partial charge in [0, 0.05) is 19.8 Å². The van der Waals surface area contributed by atoms with Gasteiger partial charge in [-0.25, -0.2) is 0 Å². The maximum absolute atomic E-state index is 12.0. The third-order valence-electron chi connectivity index (χ3n) is 3.72. The van der Waals surface area contributed by atoms with Crippen LogP contribution in [0.25, 0.3) is 5.69 Å². The molecule has 25 heavy (non-hydrogen) atoms. The van der Waals surface area contributed by atoms with E-state index in [4.69, 9.17) is 4.74 Å². The molecule has 2 rings (SSSR count). The highest BCUT2D eigenvalue weighted by Crippen LogP contribution is 2.24. The molecule has 0 saturated carbocycles. The van der Waals surface area contributed by atoms with Gasteiger partial charge in [0.2, 0.25) is 5.91 Å². The van der Waals surface area contributed by atoms with Crippen LogP contribution in [0.2, 0.25) is 0 Å². The van der Waals surface area contributed by atoms with Crippen molar-refractivity contribution >= 4 is 17.7 Å². The van der Waals surface area contributed by atoms with Crippen LogP contribution in [-0.2, 0) is 9.53 Å². The van der Waals surface area contributed by atoms with Gasteiger partial charge in [0.15, 0.2) is 5.16 Å². The molecule has 0 atom stereocenters. The lowest BCUT2D eigenvalue weighted by atomic mass is 10.1. The normalized spacial score (nSPS) is 10.9. The summed E-state index contributed by atoms with van der Waals surface area (Å²) >= 11 is 1.40. The van der Waals surface area contributed by atoms with Crippen LogP contribution < -0.4 is 5.32 Å². The van der Waals surface area contributed by atoms with Gasteiger partial charge >= 0.3 is 0 Å². The number of nitrogens with one attached hydrogen (secondary N) is 1. The Morgan fingerprint density at radius 2 is 2.08 bits per heavy atom. The monoisotopic (exact) mass is 362 g/mol. The van der Waals surface area contributed by atoms with Crippen molar-refractivity contribution in [2.24, 2.45) is 0 Å². The molecule has 1 heterocycles. The van der Waals surface area contributed by atoms with E-state index in [2.05, 4.69) is 47.6 Å². The molecule has 0 unspecified atom stereocenters. The minimum absolute atomic E-state index is 0.00494. The number of benzene rings is 1. The number of rotatable bonds is 9. The summed E-state index contributed by atoms with van der Waals surface area (Å²) in [6, 6.07) is 6.29. The van der Waals surface area contributed by atoms with Gasteiger partial charge in [-0.2, -0.15) is 0 Å². The van der Waals surface area contributed by atoms with E-state index in [1.165, 1.54) is 17.3 Å². The number of carbonyl (C=O) groups is 1. The summed E-state index contributed by atoms with van der Waals surface area (Å²) in [4.78, 5) is 12.0. The molecule has 0 bridgehead atoms. The number of aryl methyl sites for hydroxylation is 3. The minimum atomic E-state index is -0.00494. The predicted octanol–water partition coefficient (Wildman–Crippen LogP) is 2.83. The standard InChI is InChI=1S/C18H26N4O2S/c1-5-24-10-6-9-19-17(23)12-25-18-21-20-15(4)22(18)16-11-13(2)7-8-14(16)3/h7-8,11H,5-6,9-10,12H2,1-4H3,(H,19,23). The average Bonchev–Trinajstić information content (AvgIpc) is 2.95. The Hall–Kier alpha value is -1.86. The van der Waals surface area contributed by atoms with Crippen LogP contribution in [0.4, 0.5) is 0 Å². The second-order valence-corrected chi connectivity index (χ2v) is 6.79. The molecule has 0 aliphatic rings. The molecule has 0 spiro atoms. The lowest BCUT2D eigenvalue weighted by Crippen LogP contribution is -2.27. The highest BCUT2D eigenvalue weighted by Gasteiger charge is 2.14. The van der Waals surface area contributed by atoms with Crippen molar-refractivity contribution in [3.8, 4) is 5.69 Å². The molecule has 1 N–H and O–H groups in total. The number of ether oxygens (including phenoxy) is 1. The number of carbonyl (C=O) groups excluding carboxylic acids is 1. The quantitative estimate of drug-likeness (QED) is 0.549. The van der Waals surface area contributed by atoms with E-state index < -0.39 is 0 Å². The Balaban J connectivity index is 1.98. The number of aromatic nitrogens is 3. The zero-order valence-electron chi connectivity index (χ0n) is 15.3. The first kappa shape index (κ1) is 19.5. The largest absolute Gasteiger partial charge is 0.382 e. The highest BCUT2D eigenvalue weighted by molar-refractivity contribution is 7.99. The SMILES string of the molecule is CCOCCCNC(=O)CSc1nnc(C)n1-c1cc(C)ccc1C. The number of hydrogen-bond donors (Lipinski definition) is 1. The summed E-state index contributed by atoms with van der Waals surface area (Å²) in [5, 5.41) is 12.0. The van der Waals surface area contributed by atoms with Crippen LogP contribution in [-0.4, -0.2) is 46.2 Å². The summed E-state index contributed by atoms with van der Waals surface area (Å²) < 4.78 is 7.26. The van der Waals surface area contributed by atoms with E-state index in [1.54, 1.807) is 0 Å². The Morgan fingerprint density at radius 1 is 1.28 bits per heavy atom. The fourth-order valence-electron chi connectivity index (χ4n) is 2.40. The predicted molar refractivity (Wildman–Crippen MR) is 100 cm³/mol. The van der Waals surface area contributed by atoms with Gasteiger partial charge in [-0.05, 0) is 51.3 Å². The molecule has 0 saturated heterocycles. The first-order valence-corrected chi connectivity index (χ1v) is 9.48.